The molecule has 4 nitrogen and oxygen atoms in total. The van der Waals surface area contributed by atoms with Crippen LogP contribution in [0, 0.1) is 5.92 Å². The average molecular weight is 466 g/mol. The number of hydrogen-bond donors (Lipinski definition) is 1. The lowest BCUT2D eigenvalue weighted by atomic mass is 9.88. The fraction of sp³-hybridized carbons (Fsp3) is 0.308. The minimum atomic E-state index is -0.438. The van der Waals surface area contributed by atoms with Gasteiger partial charge in [0, 0.05) is 9.77 Å². The molecule has 0 spiro atoms. The van der Waals surface area contributed by atoms with Gasteiger partial charge in [0.05, 0.1) is 12.2 Å². The molecule has 0 saturated heterocycles. The van der Waals surface area contributed by atoms with Crippen LogP contribution in [0.1, 0.15) is 51.9 Å². The van der Waals surface area contributed by atoms with Gasteiger partial charge in [-0.1, -0.05) is 55.5 Å². The van der Waals surface area contributed by atoms with Crippen LogP contribution in [0.3, 0.4) is 0 Å². The summed E-state index contributed by atoms with van der Waals surface area (Å²) in [5.41, 5.74) is 2.52. The number of ether oxygens (including phenoxy) is 1. The molecule has 0 unspecified atom stereocenters. The molecule has 1 aromatic heterocycles. The number of rotatable bonds is 7. The third kappa shape index (κ3) is 5.08. The lowest BCUT2D eigenvalue weighted by Crippen LogP contribution is -2.20. The largest absolute Gasteiger partial charge is 0.462 e. The highest BCUT2D eigenvalue weighted by Crippen LogP contribution is 2.42. The van der Waals surface area contributed by atoms with Gasteiger partial charge in [0.15, 0.2) is 0 Å². The lowest BCUT2D eigenvalue weighted by Gasteiger charge is -2.18. The van der Waals surface area contributed by atoms with Crippen LogP contribution in [0.5, 0.6) is 0 Å². The van der Waals surface area contributed by atoms with Gasteiger partial charge in [0.25, 0.3) is 0 Å². The zero-order valence-electron chi connectivity index (χ0n) is 18.3. The molecule has 2 atom stereocenters. The highest BCUT2D eigenvalue weighted by molar-refractivity contribution is 8.00. The summed E-state index contributed by atoms with van der Waals surface area (Å²) in [5.74, 6) is 0.0922. The fourth-order valence-corrected chi connectivity index (χ4v) is 6.42. The number of thioether (sulfide) groups is 1. The van der Waals surface area contributed by atoms with Crippen molar-refractivity contribution in [2.24, 2.45) is 5.92 Å². The van der Waals surface area contributed by atoms with Crippen LogP contribution in [0.15, 0.2) is 65.6 Å². The molecule has 0 radical (unpaired) electrons. The molecule has 2 aromatic carbocycles. The molecular formula is C26H27NO3S2. The predicted molar refractivity (Wildman–Crippen MR) is 132 cm³/mol. The number of fused-ring (bicyclic) bond motifs is 1. The van der Waals surface area contributed by atoms with E-state index in [1.54, 1.807) is 6.92 Å². The van der Waals surface area contributed by atoms with Gasteiger partial charge in [-0.05, 0) is 55.4 Å². The van der Waals surface area contributed by atoms with E-state index in [-0.39, 0.29) is 11.9 Å². The number of benzene rings is 2. The Balaban J connectivity index is 1.66. The normalized spacial score (nSPS) is 16.1. The average Bonchev–Trinajstić information content (AvgIpc) is 3.15. The van der Waals surface area contributed by atoms with E-state index in [1.807, 2.05) is 60.7 Å². The number of carbonyl (C=O) groups is 2. The Bertz CT molecular complexity index is 1080. The molecule has 0 bridgehead atoms. The summed E-state index contributed by atoms with van der Waals surface area (Å²) in [7, 11) is 0. The maximum Gasteiger partial charge on any atom is 0.341 e. The Morgan fingerprint density at radius 2 is 1.81 bits per heavy atom. The number of anilines is 1. The number of thiophene rings is 1. The first-order chi connectivity index (χ1) is 15.6. The Hall–Kier alpha value is -2.57. The summed E-state index contributed by atoms with van der Waals surface area (Å²) in [4.78, 5) is 28.6. The van der Waals surface area contributed by atoms with Gasteiger partial charge in [0.1, 0.15) is 10.3 Å². The van der Waals surface area contributed by atoms with Crippen molar-refractivity contribution in [2.45, 2.75) is 43.3 Å². The maximum absolute atomic E-state index is 13.5. The predicted octanol–water partition coefficient (Wildman–Crippen LogP) is 6.52. The molecule has 4 rings (SSSR count). The van der Waals surface area contributed by atoms with Crippen LogP contribution in [0.25, 0.3) is 0 Å². The smallest absolute Gasteiger partial charge is 0.341 e. The van der Waals surface area contributed by atoms with Gasteiger partial charge in [0.2, 0.25) is 5.91 Å². The third-order valence-electron chi connectivity index (χ3n) is 5.57. The van der Waals surface area contributed by atoms with Crippen LogP contribution < -0.4 is 5.32 Å². The summed E-state index contributed by atoms with van der Waals surface area (Å²) in [6, 6.07) is 19.7. The molecule has 32 heavy (non-hydrogen) atoms. The quantitative estimate of drug-likeness (QED) is 0.319. The molecule has 1 aliphatic carbocycles. The summed E-state index contributed by atoms with van der Waals surface area (Å²) < 4.78 is 5.35. The van der Waals surface area contributed by atoms with Crippen molar-refractivity contribution in [2.75, 3.05) is 11.9 Å². The van der Waals surface area contributed by atoms with Crippen molar-refractivity contribution in [3.05, 3.63) is 82.2 Å². The molecular weight excluding hydrogens is 438 g/mol. The summed E-state index contributed by atoms with van der Waals surface area (Å²) in [5, 5.41) is 3.27. The molecule has 6 heteroatoms. The Morgan fingerprint density at radius 3 is 2.50 bits per heavy atom. The van der Waals surface area contributed by atoms with Gasteiger partial charge in [-0.15, -0.1) is 23.1 Å². The fourth-order valence-electron chi connectivity index (χ4n) is 3.97. The molecule has 3 aromatic rings. The van der Waals surface area contributed by atoms with Crippen LogP contribution in [-0.2, 0) is 22.4 Å². The Labute approximate surface area is 197 Å². The van der Waals surface area contributed by atoms with Crippen molar-refractivity contribution in [3.8, 4) is 0 Å². The third-order valence-corrected chi connectivity index (χ3v) is 8.00. The topological polar surface area (TPSA) is 55.4 Å². The van der Waals surface area contributed by atoms with Crippen molar-refractivity contribution in [1.82, 2.24) is 0 Å². The van der Waals surface area contributed by atoms with Crippen molar-refractivity contribution >= 4 is 40.0 Å². The standard InChI is InChI=1S/C26H27NO3S2/c1-3-30-26(29)22-20-15-14-17(2)16-21(20)32-25(22)27-24(28)23(18-10-6-4-7-11-18)31-19-12-8-5-9-13-19/h4-13,17,23H,3,14-16H2,1-2H3,(H,27,28)/t17-,23+/m0/s1. The van der Waals surface area contributed by atoms with E-state index in [4.69, 9.17) is 4.74 Å². The van der Waals surface area contributed by atoms with E-state index < -0.39 is 5.25 Å². The Morgan fingerprint density at radius 1 is 1.12 bits per heavy atom. The lowest BCUT2D eigenvalue weighted by molar-refractivity contribution is -0.115. The molecule has 1 amide bonds. The molecule has 1 heterocycles. The second-order valence-corrected chi connectivity index (χ2v) is 10.3. The van der Waals surface area contributed by atoms with Gasteiger partial charge in [-0.3, -0.25) is 4.79 Å². The van der Waals surface area contributed by atoms with Gasteiger partial charge < -0.3 is 10.1 Å². The monoisotopic (exact) mass is 465 g/mol. The van der Waals surface area contributed by atoms with E-state index in [2.05, 4.69) is 12.2 Å². The van der Waals surface area contributed by atoms with E-state index >= 15 is 0 Å². The number of hydrogen-bond acceptors (Lipinski definition) is 5. The minimum absolute atomic E-state index is 0.137. The van der Waals surface area contributed by atoms with E-state index in [1.165, 1.54) is 28.0 Å². The maximum atomic E-state index is 13.5. The highest BCUT2D eigenvalue weighted by Gasteiger charge is 2.31. The van der Waals surface area contributed by atoms with Crippen LogP contribution in [0.2, 0.25) is 0 Å². The summed E-state index contributed by atoms with van der Waals surface area (Å²) >= 11 is 3.03. The number of carbonyl (C=O) groups excluding carboxylic acids is 2. The van der Waals surface area contributed by atoms with Crippen LogP contribution in [0.4, 0.5) is 5.00 Å². The minimum Gasteiger partial charge on any atom is -0.462 e. The van der Waals surface area contributed by atoms with Gasteiger partial charge >= 0.3 is 5.97 Å². The Kier molecular flexibility index (Phi) is 7.33. The molecule has 0 fully saturated rings. The molecule has 166 valence electrons. The summed E-state index contributed by atoms with van der Waals surface area (Å²) in [6.45, 7) is 4.34. The van der Waals surface area contributed by atoms with Crippen molar-refractivity contribution in [1.29, 1.82) is 0 Å². The molecule has 0 saturated carbocycles. The van der Waals surface area contributed by atoms with Crippen LogP contribution in [-0.4, -0.2) is 18.5 Å². The zero-order chi connectivity index (χ0) is 22.5. The molecule has 0 aliphatic heterocycles. The number of amides is 1. The molecule has 1 N–H and O–H groups in total. The zero-order valence-corrected chi connectivity index (χ0v) is 19.9. The second-order valence-electron chi connectivity index (χ2n) is 7.99. The first-order valence-electron chi connectivity index (χ1n) is 11.0. The van der Waals surface area contributed by atoms with E-state index in [0.717, 1.165) is 35.3 Å². The van der Waals surface area contributed by atoms with Gasteiger partial charge in [-0.2, -0.15) is 0 Å². The SMILES string of the molecule is CCOC(=O)c1c(NC(=O)[C@H](Sc2ccccc2)c2ccccc2)sc2c1CC[C@H](C)C2. The van der Waals surface area contributed by atoms with E-state index in [9.17, 15) is 9.59 Å². The van der Waals surface area contributed by atoms with Crippen molar-refractivity contribution in [3.63, 3.8) is 0 Å². The van der Waals surface area contributed by atoms with Crippen LogP contribution >= 0.6 is 23.1 Å². The van der Waals surface area contributed by atoms with Crippen molar-refractivity contribution < 1.29 is 14.3 Å². The first kappa shape index (κ1) is 22.6. The summed E-state index contributed by atoms with van der Waals surface area (Å²) in [6.07, 6.45) is 2.82. The second kappa shape index (κ2) is 10.4. The van der Waals surface area contributed by atoms with E-state index in [0.29, 0.717) is 23.1 Å². The molecule has 1 aliphatic rings. The highest BCUT2D eigenvalue weighted by atomic mass is 32.2. The number of esters is 1. The number of nitrogens with one attached hydrogen (secondary N) is 1. The first-order valence-corrected chi connectivity index (χ1v) is 12.7. The van der Waals surface area contributed by atoms with Gasteiger partial charge in [-0.25, -0.2) is 4.79 Å².